The molecule has 4 rings (SSSR count). The molecule has 0 aliphatic heterocycles. The van der Waals surface area contributed by atoms with Crippen LogP contribution in [0.2, 0.25) is 10.0 Å². The van der Waals surface area contributed by atoms with Crippen molar-refractivity contribution < 1.29 is 9.21 Å². The van der Waals surface area contributed by atoms with Crippen LogP contribution in [0.15, 0.2) is 80.7 Å². The predicted octanol–water partition coefficient (Wildman–Crippen LogP) is 6.86. The van der Waals surface area contributed by atoms with Gasteiger partial charge in [0.1, 0.15) is 11.5 Å². The van der Waals surface area contributed by atoms with E-state index in [9.17, 15) is 4.79 Å². The van der Waals surface area contributed by atoms with Gasteiger partial charge in [-0.3, -0.25) is 4.79 Å². The molecule has 0 saturated carbocycles. The molecule has 1 amide bonds. The van der Waals surface area contributed by atoms with Gasteiger partial charge in [-0.2, -0.15) is 5.10 Å². The first-order chi connectivity index (χ1) is 14.5. The first-order valence-corrected chi connectivity index (χ1v) is 10.6. The number of nitrogens with one attached hydrogen (secondary N) is 1. The topological polar surface area (TPSA) is 54.6 Å². The quantitative estimate of drug-likeness (QED) is 0.240. The van der Waals surface area contributed by atoms with Crippen LogP contribution >= 0.6 is 39.1 Å². The van der Waals surface area contributed by atoms with E-state index in [1.165, 1.54) is 6.21 Å². The molecule has 0 atom stereocenters. The van der Waals surface area contributed by atoms with Crippen molar-refractivity contribution in [2.75, 3.05) is 0 Å². The minimum absolute atomic E-state index is 0.215. The molecule has 0 spiro atoms. The van der Waals surface area contributed by atoms with Gasteiger partial charge in [0.15, 0.2) is 0 Å². The summed E-state index contributed by atoms with van der Waals surface area (Å²) in [5.74, 6) is 0.829. The highest BCUT2D eigenvalue weighted by Crippen LogP contribution is 2.31. The predicted molar refractivity (Wildman–Crippen MR) is 125 cm³/mol. The van der Waals surface area contributed by atoms with E-state index < -0.39 is 0 Å². The van der Waals surface area contributed by atoms with E-state index in [4.69, 9.17) is 27.6 Å². The number of furan rings is 1. The lowest BCUT2D eigenvalue weighted by Crippen LogP contribution is -2.19. The fourth-order valence-electron chi connectivity index (χ4n) is 3.11. The standard InChI is InChI=1S/C23H15BrCl2N2O2/c24-20-8-5-14(17-3-1-2-4-18(17)20)11-23(29)28-27-13-16-7-10-22(30-16)19-12-15(25)6-9-21(19)26/h1-10,12-13H,11H2,(H,28,29). The van der Waals surface area contributed by atoms with Crippen LogP contribution in [0, 0.1) is 0 Å². The highest BCUT2D eigenvalue weighted by Gasteiger charge is 2.10. The lowest BCUT2D eigenvalue weighted by Gasteiger charge is -2.07. The summed E-state index contributed by atoms with van der Waals surface area (Å²) in [5, 5.41) is 7.19. The smallest absolute Gasteiger partial charge is 0.244 e. The van der Waals surface area contributed by atoms with Crippen molar-refractivity contribution in [3.8, 4) is 11.3 Å². The number of hydrazone groups is 1. The van der Waals surface area contributed by atoms with Crippen molar-refractivity contribution in [2.24, 2.45) is 5.10 Å². The van der Waals surface area contributed by atoms with Crippen LogP contribution in [0.3, 0.4) is 0 Å². The maximum Gasteiger partial charge on any atom is 0.244 e. The van der Waals surface area contributed by atoms with Crippen molar-refractivity contribution in [1.82, 2.24) is 5.43 Å². The highest BCUT2D eigenvalue weighted by molar-refractivity contribution is 9.10. The monoisotopic (exact) mass is 500 g/mol. The van der Waals surface area contributed by atoms with Crippen LogP contribution in [0.5, 0.6) is 0 Å². The minimum atomic E-state index is -0.219. The van der Waals surface area contributed by atoms with Crippen molar-refractivity contribution in [3.05, 3.63) is 92.6 Å². The van der Waals surface area contributed by atoms with Gasteiger partial charge in [0.2, 0.25) is 5.91 Å². The Balaban J connectivity index is 1.43. The van der Waals surface area contributed by atoms with E-state index in [0.717, 1.165) is 20.8 Å². The average molecular weight is 502 g/mol. The first-order valence-electron chi connectivity index (χ1n) is 9.04. The number of hydrogen-bond donors (Lipinski definition) is 1. The van der Waals surface area contributed by atoms with Gasteiger partial charge < -0.3 is 4.42 Å². The normalized spacial score (nSPS) is 11.3. The van der Waals surface area contributed by atoms with Crippen LogP contribution in [-0.4, -0.2) is 12.1 Å². The van der Waals surface area contributed by atoms with E-state index >= 15 is 0 Å². The second-order valence-corrected chi connectivity index (χ2v) is 8.25. The van der Waals surface area contributed by atoms with Crippen LogP contribution in [0.25, 0.3) is 22.1 Å². The molecular formula is C23H15BrCl2N2O2. The summed E-state index contributed by atoms with van der Waals surface area (Å²) < 4.78 is 6.72. The number of amides is 1. The fraction of sp³-hybridized carbons (Fsp3) is 0.0435. The van der Waals surface area contributed by atoms with Crippen molar-refractivity contribution in [3.63, 3.8) is 0 Å². The first kappa shape index (κ1) is 20.7. The number of nitrogens with zero attached hydrogens (tertiary/aromatic N) is 1. The number of fused-ring (bicyclic) bond motifs is 1. The lowest BCUT2D eigenvalue weighted by molar-refractivity contribution is -0.120. The van der Waals surface area contributed by atoms with Crippen molar-refractivity contribution in [1.29, 1.82) is 0 Å². The Morgan fingerprint density at radius 2 is 1.83 bits per heavy atom. The summed E-state index contributed by atoms with van der Waals surface area (Å²) in [7, 11) is 0. The Morgan fingerprint density at radius 1 is 1.03 bits per heavy atom. The number of carbonyl (C=O) groups excluding carboxylic acids is 1. The summed E-state index contributed by atoms with van der Waals surface area (Å²) in [4.78, 5) is 12.3. The maximum atomic E-state index is 12.3. The number of hydrogen-bond acceptors (Lipinski definition) is 3. The second kappa shape index (κ2) is 9.04. The highest BCUT2D eigenvalue weighted by atomic mass is 79.9. The summed E-state index contributed by atoms with van der Waals surface area (Å²) in [5.41, 5.74) is 4.16. The zero-order valence-corrected chi connectivity index (χ0v) is 18.6. The molecule has 3 aromatic carbocycles. The van der Waals surface area contributed by atoms with Crippen LogP contribution in [-0.2, 0) is 11.2 Å². The fourth-order valence-corrected chi connectivity index (χ4v) is 3.97. The molecule has 1 heterocycles. The molecule has 7 heteroatoms. The maximum absolute atomic E-state index is 12.3. The lowest BCUT2D eigenvalue weighted by atomic mass is 10.0. The average Bonchev–Trinajstić information content (AvgIpc) is 3.21. The zero-order chi connectivity index (χ0) is 21.1. The molecule has 0 bridgehead atoms. The molecule has 0 saturated heterocycles. The number of benzene rings is 3. The molecule has 0 aliphatic rings. The van der Waals surface area contributed by atoms with Crippen LogP contribution in [0.1, 0.15) is 11.3 Å². The number of carbonyl (C=O) groups is 1. The van der Waals surface area contributed by atoms with Gasteiger partial charge in [0, 0.05) is 15.1 Å². The molecule has 0 unspecified atom stereocenters. The van der Waals surface area contributed by atoms with E-state index in [2.05, 4.69) is 26.5 Å². The molecule has 4 aromatic rings. The molecule has 4 nitrogen and oxygen atoms in total. The van der Waals surface area contributed by atoms with E-state index in [1.54, 1.807) is 30.3 Å². The Morgan fingerprint density at radius 3 is 2.67 bits per heavy atom. The Kier molecular flexibility index (Phi) is 6.23. The molecule has 0 radical (unpaired) electrons. The SMILES string of the molecule is O=C(Cc1ccc(Br)c2ccccc12)NN=Cc1ccc(-c2cc(Cl)ccc2Cl)o1. The summed E-state index contributed by atoms with van der Waals surface area (Å²) >= 11 is 15.8. The van der Waals surface area contributed by atoms with Gasteiger partial charge >= 0.3 is 0 Å². The van der Waals surface area contributed by atoms with E-state index in [1.807, 2.05) is 36.4 Å². The van der Waals surface area contributed by atoms with E-state index in [-0.39, 0.29) is 12.3 Å². The molecule has 1 aromatic heterocycles. The van der Waals surface area contributed by atoms with Gasteiger partial charge in [-0.25, -0.2) is 5.43 Å². The number of rotatable bonds is 5. The zero-order valence-electron chi connectivity index (χ0n) is 15.5. The van der Waals surface area contributed by atoms with Crippen LogP contribution in [0.4, 0.5) is 0 Å². The van der Waals surface area contributed by atoms with E-state index in [0.29, 0.717) is 27.1 Å². The van der Waals surface area contributed by atoms with Gasteiger partial charge in [-0.1, -0.05) is 69.5 Å². The minimum Gasteiger partial charge on any atom is -0.455 e. The van der Waals surface area contributed by atoms with Gasteiger partial charge in [-0.05, 0) is 52.7 Å². The molecule has 150 valence electrons. The third-order valence-corrected chi connectivity index (χ3v) is 5.77. The van der Waals surface area contributed by atoms with Crippen molar-refractivity contribution >= 4 is 62.0 Å². The summed E-state index contributed by atoms with van der Waals surface area (Å²) in [6, 6.07) is 20.5. The molecule has 0 fully saturated rings. The third-order valence-electron chi connectivity index (χ3n) is 4.51. The number of halogens is 3. The molecule has 0 aliphatic carbocycles. The largest absolute Gasteiger partial charge is 0.455 e. The van der Waals surface area contributed by atoms with Crippen molar-refractivity contribution in [2.45, 2.75) is 6.42 Å². The Labute approximate surface area is 191 Å². The van der Waals surface area contributed by atoms with Crippen LogP contribution < -0.4 is 5.43 Å². The summed E-state index contributed by atoms with van der Waals surface area (Å²) in [6.07, 6.45) is 1.66. The molecular weight excluding hydrogens is 487 g/mol. The Hall–Kier alpha value is -2.60. The van der Waals surface area contributed by atoms with Gasteiger partial charge in [0.25, 0.3) is 0 Å². The summed E-state index contributed by atoms with van der Waals surface area (Å²) in [6.45, 7) is 0. The second-order valence-electron chi connectivity index (χ2n) is 6.55. The Bertz CT molecular complexity index is 1270. The molecule has 1 N–H and O–H groups in total. The van der Waals surface area contributed by atoms with Gasteiger partial charge in [-0.15, -0.1) is 0 Å². The van der Waals surface area contributed by atoms with Gasteiger partial charge in [0.05, 0.1) is 17.7 Å². The molecule has 30 heavy (non-hydrogen) atoms. The third kappa shape index (κ3) is 4.59.